The Bertz CT molecular complexity index is 1010. The van der Waals surface area contributed by atoms with Gasteiger partial charge in [0.25, 0.3) is 0 Å². The summed E-state index contributed by atoms with van der Waals surface area (Å²) in [5, 5.41) is 10.4. The average molecular weight is 583 g/mol. The van der Waals surface area contributed by atoms with E-state index >= 15 is 0 Å². The first-order valence-corrected chi connectivity index (χ1v) is 14.1. The summed E-state index contributed by atoms with van der Waals surface area (Å²) in [4.78, 5) is 1.90. The molecule has 0 spiro atoms. The van der Waals surface area contributed by atoms with E-state index < -0.39 is 56.7 Å². The quantitative estimate of drug-likeness (QED) is 0.390. The third-order valence-electron chi connectivity index (χ3n) is 6.67. The van der Waals surface area contributed by atoms with Crippen molar-refractivity contribution < 1.29 is 36.7 Å². The number of halogens is 4. The van der Waals surface area contributed by atoms with E-state index in [1.54, 1.807) is 13.8 Å². The number of benzene rings is 1. The lowest BCUT2D eigenvalue weighted by Gasteiger charge is -2.40. The van der Waals surface area contributed by atoms with Crippen molar-refractivity contribution in [1.29, 1.82) is 0 Å². The van der Waals surface area contributed by atoms with Gasteiger partial charge in [0.2, 0.25) is 0 Å². The number of aliphatic hydroxyl groups is 1. The first-order valence-electron chi connectivity index (χ1n) is 12.6. The molecule has 2 fully saturated rings. The van der Waals surface area contributed by atoms with Crippen molar-refractivity contribution in [3.8, 4) is 5.75 Å². The molecule has 2 heterocycles. The molecule has 0 aromatic heterocycles. The Labute approximate surface area is 230 Å². The molecule has 7 nitrogen and oxygen atoms in total. The highest BCUT2D eigenvalue weighted by Crippen LogP contribution is 2.43. The minimum atomic E-state index is -4.67. The van der Waals surface area contributed by atoms with Gasteiger partial charge < -0.3 is 19.3 Å². The van der Waals surface area contributed by atoms with Gasteiger partial charge in [0.05, 0.1) is 39.0 Å². The van der Waals surface area contributed by atoms with E-state index in [4.69, 9.17) is 25.8 Å². The van der Waals surface area contributed by atoms with E-state index in [-0.39, 0.29) is 24.9 Å². The van der Waals surface area contributed by atoms with Gasteiger partial charge in [-0.2, -0.15) is 13.2 Å². The second-order valence-electron chi connectivity index (χ2n) is 11.1. The lowest BCUT2D eigenvalue weighted by Crippen LogP contribution is -2.50. The number of ether oxygens (including phenoxy) is 3. The molecule has 2 N–H and O–H groups in total. The van der Waals surface area contributed by atoms with Crippen molar-refractivity contribution in [2.24, 2.45) is 5.92 Å². The molecule has 1 aromatic rings. The molecule has 0 radical (unpaired) electrons. The maximum absolute atomic E-state index is 13.6. The van der Waals surface area contributed by atoms with Crippen LogP contribution in [0.3, 0.4) is 0 Å². The fourth-order valence-corrected chi connectivity index (χ4v) is 5.81. The van der Waals surface area contributed by atoms with E-state index in [1.165, 1.54) is 12.1 Å². The summed E-state index contributed by atoms with van der Waals surface area (Å²) in [6, 6.07) is 1.54. The molecule has 0 amide bonds. The van der Waals surface area contributed by atoms with Gasteiger partial charge in [-0.1, -0.05) is 24.3 Å². The molecule has 0 saturated carbocycles. The largest absolute Gasteiger partial charge is 0.489 e. The van der Waals surface area contributed by atoms with Crippen LogP contribution in [0.5, 0.6) is 5.75 Å². The first kappa shape index (κ1) is 31.3. The fraction of sp³-hybridized carbons (Fsp3) is 0.692. The van der Waals surface area contributed by atoms with Gasteiger partial charge in [0, 0.05) is 18.7 Å². The van der Waals surface area contributed by atoms with Crippen LogP contribution in [0.1, 0.15) is 64.6 Å². The van der Waals surface area contributed by atoms with Crippen LogP contribution in [0.2, 0.25) is 5.02 Å². The number of likely N-dealkylation sites (tertiary alicyclic amines) is 1. The third-order valence-corrected chi connectivity index (χ3v) is 8.56. The van der Waals surface area contributed by atoms with Gasteiger partial charge >= 0.3 is 6.18 Å². The van der Waals surface area contributed by atoms with Crippen LogP contribution >= 0.6 is 11.6 Å². The lowest BCUT2D eigenvalue weighted by atomic mass is 9.85. The Morgan fingerprint density at radius 2 is 1.95 bits per heavy atom. The summed E-state index contributed by atoms with van der Waals surface area (Å²) in [5.74, 6) is -0.883. The molecule has 0 aliphatic carbocycles. The van der Waals surface area contributed by atoms with E-state index in [9.17, 15) is 22.5 Å². The smallest absolute Gasteiger partial charge is 0.417 e. The molecule has 2 aliphatic rings. The van der Waals surface area contributed by atoms with Gasteiger partial charge in [-0.25, -0.2) is 8.93 Å². The molecule has 12 heteroatoms. The maximum atomic E-state index is 13.6. The topological polar surface area (TPSA) is 80.3 Å². The highest BCUT2D eigenvalue weighted by atomic mass is 35.5. The summed E-state index contributed by atoms with van der Waals surface area (Å²) < 4.78 is 73.6. The molecule has 3 unspecified atom stereocenters. The Hall–Kier alpha value is -1.21. The summed E-state index contributed by atoms with van der Waals surface area (Å²) >= 11 is 6.12. The standard InChI is InChI=1S/C26H38ClF3N2O5S/c1-7-12-35-20-14-18(26(28,29)30)19(27)13-17(20)22(31-38(34)24(2,3)4)16-8-10-32(11-9-16)23(33)21-15-36-25(5,6)37-21/h7,13-14,16,21-23,31,33H,1,8-12,15H2,2-6H3/t21-,22?,23?,38?/m1/s1. The van der Waals surface area contributed by atoms with Gasteiger partial charge in [-0.3, -0.25) is 4.90 Å². The predicted octanol–water partition coefficient (Wildman–Crippen LogP) is 5.20. The number of nitrogens with zero attached hydrogens (tertiary/aromatic N) is 1. The number of rotatable bonds is 9. The summed E-state index contributed by atoms with van der Waals surface area (Å²) in [7, 11) is -1.53. The van der Waals surface area contributed by atoms with Gasteiger partial charge in [-0.15, -0.1) is 0 Å². The van der Waals surface area contributed by atoms with Gasteiger partial charge in [0.1, 0.15) is 24.7 Å². The third kappa shape index (κ3) is 7.71. The number of aliphatic hydroxyl groups excluding tert-OH is 1. The predicted molar refractivity (Wildman–Crippen MR) is 141 cm³/mol. The molecule has 3 rings (SSSR count). The second kappa shape index (κ2) is 12.1. The van der Waals surface area contributed by atoms with Crippen molar-refractivity contribution in [2.45, 2.75) is 82.5 Å². The Morgan fingerprint density at radius 3 is 2.45 bits per heavy atom. The summed E-state index contributed by atoms with van der Waals surface area (Å²) in [6.45, 7) is 13.9. The average Bonchev–Trinajstić information content (AvgIpc) is 3.19. The van der Waals surface area contributed by atoms with Crippen molar-refractivity contribution >= 4 is 22.6 Å². The summed E-state index contributed by atoms with van der Waals surface area (Å²) in [5.41, 5.74) is -0.604. The minimum absolute atomic E-state index is 0.00577. The fourth-order valence-electron chi connectivity index (χ4n) is 4.62. The normalized spacial score (nSPS) is 23.7. The number of piperidine rings is 1. The molecule has 0 bridgehead atoms. The van der Waals surface area contributed by atoms with Gasteiger partial charge in [0.15, 0.2) is 5.79 Å². The van der Waals surface area contributed by atoms with E-state index in [1.807, 2.05) is 25.7 Å². The van der Waals surface area contributed by atoms with Crippen molar-refractivity contribution in [3.05, 3.63) is 40.9 Å². The number of alkyl halides is 3. The first-order chi connectivity index (χ1) is 17.5. The van der Waals surface area contributed by atoms with Crippen molar-refractivity contribution in [2.75, 3.05) is 26.3 Å². The van der Waals surface area contributed by atoms with Crippen molar-refractivity contribution in [3.63, 3.8) is 0 Å². The molecule has 2 aliphatic heterocycles. The molecule has 216 valence electrons. The Morgan fingerprint density at radius 1 is 1.32 bits per heavy atom. The zero-order chi connectivity index (χ0) is 28.5. The van der Waals surface area contributed by atoms with Crippen LogP contribution in [-0.4, -0.2) is 63.4 Å². The monoisotopic (exact) mass is 582 g/mol. The molecule has 1 aromatic carbocycles. The van der Waals surface area contributed by atoms with Crippen LogP contribution in [0.15, 0.2) is 24.8 Å². The highest BCUT2D eigenvalue weighted by molar-refractivity contribution is 7.84. The highest BCUT2D eigenvalue weighted by Gasteiger charge is 2.42. The van der Waals surface area contributed by atoms with E-state index in [2.05, 4.69) is 11.3 Å². The van der Waals surface area contributed by atoms with Crippen LogP contribution < -0.4 is 9.46 Å². The summed E-state index contributed by atoms with van der Waals surface area (Å²) in [6.07, 6.45) is -3.42. The molecular weight excluding hydrogens is 545 g/mol. The van der Waals surface area contributed by atoms with E-state index in [0.717, 1.165) is 6.07 Å². The molecule has 4 atom stereocenters. The van der Waals surface area contributed by atoms with Crippen LogP contribution in [0.4, 0.5) is 13.2 Å². The SMILES string of the molecule is C=CCOc1cc(C(F)(F)F)c(Cl)cc1C(NS(=O)C(C)(C)C)C1CCN(C(O)[C@H]2COC(C)(C)O2)CC1. The van der Waals surface area contributed by atoms with Crippen molar-refractivity contribution in [1.82, 2.24) is 9.62 Å². The van der Waals surface area contributed by atoms with Crippen LogP contribution in [-0.2, 0) is 26.6 Å². The number of nitrogens with one attached hydrogen (secondary N) is 1. The zero-order valence-electron chi connectivity index (χ0n) is 22.4. The Balaban J connectivity index is 1.90. The molecule has 2 saturated heterocycles. The van der Waals surface area contributed by atoms with Crippen LogP contribution in [0, 0.1) is 5.92 Å². The van der Waals surface area contributed by atoms with Gasteiger partial charge in [-0.05, 0) is 65.5 Å². The maximum Gasteiger partial charge on any atom is 0.417 e. The van der Waals surface area contributed by atoms with Crippen LogP contribution in [0.25, 0.3) is 0 Å². The van der Waals surface area contributed by atoms with E-state index in [0.29, 0.717) is 31.5 Å². The number of hydrogen-bond donors (Lipinski definition) is 2. The second-order valence-corrected chi connectivity index (χ2v) is 13.5. The lowest BCUT2D eigenvalue weighted by molar-refractivity contribution is -0.170. The molecular formula is C26H38ClF3N2O5S. The zero-order valence-corrected chi connectivity index (χ0v) is 24.0. The minimum Gasteiger partial charge on any atom is -0.489 e. The number of hydrogen-bond acceptors (Lipinski definition) is 6. The molecule has 38 heavy (non-hydrogen) atoms. The Kier molecular flexibility index (Phi) is 9.99.